The Hall–Kier alpha value is -2.15. The number of ether oxygens (including phenoxy) is 1. The fourth-order valence-corrected chi connectivity index (χ4v) is 3.48. The third kappa shape index (κ3) is 4.40. The van der Waals surface area contributed by atoms with E-state index in [1.807, 2.05) is 24.5 Å². The van der Waals surface area contributed by atoms with Gasteiger partial charge in [-0.25, -0.2) is 4.79 Å². The highest BCUT2D eigenvalue weighted by Crippen LogP contribution is 2.25. The van der Waals surface area contributed by atoms with E-state index in [2.05, 4.69) is 19.2 Å². The first-order chi connectivity index (χ1) is 12.6. The van der Waals surface area contributed by atoms with Gasteiger partial charge in [0.05, 0.1) is 13.2 Å². The highest BCUT2D eigenvalue weighted by Gasteiger charge is 2.48. The van der Waals surface area contributed by atoms with Crippen molar-refractivity contribution >= 4 is 17.7 Å². The van der Waals surface area contributed by atoms with Gasteiger partial charge in [0.1, 0.15) is 5.54 Å². The Morgan fingerprint density at radius 1 is 1.30 bits per heavy atom. The van der Waals surface area contributed by atoms with Crippen molar-refractivity contribution in [2.45, 2.75) is 59.5 Å². The summed E-state index contributed by atoms with van der Waals surface area (Å²) in [6, 6.07) is 1.32. The Balaban J connectivity index is 2.14. The van der Waals surface area contributed by atoms with Crippen molar-refractivity contribution < 1.29 is 19.1 Å². The average molecular weight is 377 g/mol. The molecule has 0 aromatic carbocycles. The summed E-state index contributed by atoms with van der Waals surface area (Å²) in [6.45, 7) is 10.6. The molecule has 0 saturated carbocycles. The van der Waals surface area contributed by atoms with E-state index in [4.69, 9.17) is 4.74 Å². The molecular weight excluding hydrogens is 346 g/mol. The molecule has 1 N–H and O–H groups in total. The van der Waals surface area contributed by atoms with Crippen molar-refractivity contribution in [2.24, 2.45) is 5.92 Å². The summed E-state index contributed by atoms with van der Waals surface area (Å²) < 4.78 is 7.12. The van der Waals surface area contributed by atoms with Crippen molar-refractivity contribution in [3.63, 3.8) is 0 Å². The van der Waals surface area contributed by atoms with Crippen LogP contribution in [-0.2, 0) is 16.1 Å². The molecule has 7 heteroatoms. The Kier molecular flexibility index (Phi) is 6.46. The lowest BCUT2D eigenvalue weighted by Crippen LogP contribution is -2.44. The largest absolute Gasteiger partial charge is 0.383 e. The molecule has 0 unspecified atom stereocenters. The molecule has 0 radical (unpaired) electrons. The van der Waals surface area contributed by atoms with Crippen LogP contribution >= 0.6 is 0 Å². The van der Waals surface area contributed by atoms with Gasteiger partial charge in [0.25, 0.3) is 5.91 Å². The number of aryl methyl sites for hydroxylation is 1. The first kappa shape index (κ1) is 21.2. The number of nitrogens with zero attached hydrogens (tertiary/aromatic N) is 2. The maximum Gasteiger partial charge on any atom is 0.325 e. The van der Waals surface area contributed by atoms with Crippen molar-refractivity contribution in [1.29, 1.82) is 0 Å². The number of methoxy groups -OCH3 is 1. The summed E-state index contributed by atoms with van der Waals surface area (Å²) in [6.07, 6.45) is 1.39. The number of rotatable bonds is 9. The standard InChI is InChI=1S/C20H31N3O4/c1-13(2)7-8-20(5)18(25)23(19(26)21-20)12-17(24)16-11-14(3)22(15(16)4)9-10-27-6/h11,13H,7-10,12H2,1-6H3,(H,21,26)/t20-/m1/s1. The van der Waals surface area contributed by atoms with Crippen molar-refractivity contribution in [2.75, 3.05) is 20.3 Å². The predicted molar refractivity (Wildman–Crippen MR) is 103 cm³/mol. The SMILES string of the molecule is COCCn1c(C)cc(C(=O)CN2C(=O)N[C@](C)(CCC(C)C)C2=O)c1C. The highest BCUT2D eigenvalue weighted by atomic mass is 16.5. The molecule has 0 bridgehead atoms. The minimum atomic E-state index is -0.934. The fourth-order valence-electron chi connectivity index (χ4n) is 3.48. The third-order valence-electron chi connectivity index (χ3n) is 5.26. The van der Waals surface area contributed by atoms with E-state index < -0.39 is 11.6 Å². The van der Waals surface area contributed by atoms with Crippen LogP contribution in [0.25, 0.3) is 0 Å². The normalized spacial score (nSPS) is 19.9. The van der Waals surface area contributed by atoms with Gasteiger partial charge in [-0.3, -0.25) is 14.5 Å². The zero-order chi connectivity index (χ0) is 20.4. The van der Waals surface area contributed by atoms with E-state index in [-0.39, 0.29) is 18.2 Å². The van der Waals surface area contributed by atoms with Crippen LogP contribution in [0.1, 0.15) is 55.4 Å². The summed E-state index contributed by atoms with van der Waals surface area (Å²) in [5, 5.41) is 2.76. The van der Waals surface area contributed by atoms with Gasteiger partial charge >= 0.3 is 6.03 Å². The maximum atomic E-state index is 12.8. The number of aromatic nitrogens is 1. The van der Waals surface area contributed by atoms with Crippen LogP contribution in [0.5, 0.6) is 0 Å². The number of carbonyl (C=O) groups is 3. The van der Waals surface area contributed by atoms with Gasteiger partial charge in [0.2, 0.25) is 0 Å². The van der Waals surface area contributed by atoms with Gasteiger partial charge in [0, 0.05) is 30.6 Å². The number of urea groups is 1. The minimum Gasteiger partial charge on any atom is -0.383 e. The second-order valence-corrected chi connectivity index (χ2v) is 7.94. The van der Waals surface area contributed by atoms with Crippen LogP contribution in [0.3, 0.4) is 0 Å². The Bertz CT molecular complexity index is 738. The summed E-state index contributed by atoms with van der Waals surface area (Å²) in [7, 11) is 1.63. The molecule has 1 aromatic heterocycles. The molecule has 1 saturated heterocycles. The molecular formula is C20H31N3O4. The molecule has 2 heterocycles. The minimum absolute atomic E-state index is 0.233. The van der Waals surface area contributed by atoms with E-state index in [1.54, 1.807) is 14.0 Å². The van der Waals surface area contributed by atoms with Crippen LogP contribution in [0, 0.1) is 19.8 Å². The molecule has 27 heavy (non-hydrogen) atoms. The monoisotopic (exact) mass is 377 g/mol. The number of amides is 3. The van der Waals surface area contributed by atoms with Crippen molar-refractivity contribution in [1.82, 2.24) is 14.8 Å². The lowest BCUT2D eigenvalue weighted by molar-refractivity contribution is -0.130. The maximum absolute atomic E-state index is 12.8. The predicted octanol–water partition coefficient (Wildman–Crippen LogP) is 2.68. The second kappa shape index (κ2) is 8.25. The molecule has 1 aliphatic heterocycles. The van der Waals surface area contributed by atoms with Gasteiger partial charge in [0.15, 0.2) is 5.78 Å². The van der Waals surface area contributed by atoms with Crippen LogP contribution in [0.15, 0.2) is 6.07 Å². The van der Waals surface area contributed by atoms with Gasteiger partial charge < -0.3 is 14.6 Å². The van der Waals surface area contributed by atoms with E-state index in [9.17, 15) is 14.4 Å². The molecule has 2 rings (SSSR count). The van der Waals surface area contributed by atoms with Crippen LogP contribution in [0.4, 0.5) is 4.79 Å². The quantitative estimate of drug-likeness (QED) is 0.530. The Morgan fingerprint density at radius 3 is 2.56 bits per heavy atom. The smallest absolute Gasteiger partial charge is 0.325 e. The van der Waals surface area contributed by atoms with Gasteiger partial charge in [-0.2, -0.15) is 0 Å². The second-order valence-electron chi connectivity index (χ2n) is 7.94. The summed E-state index contributed by atoms with van der Waals surface area (Å²) >= 11 is 0. The van der Waals surface area contributed by atoms with Crippen molar-refractivity contribution in [3.8, 4) is 0 Å². The topological polar surface area (TPSA) is 80.6 Å². The number of Topliss-reactive ketones (excluding diaryl/α,β-unsaturated/α-hetero) is 1. The molecule has 3 amide bonds. The van der Waals surface area contributed by atoms with Crippen LogP contribution in [0.2, 0.25) is 0 Å². The average Bonchev–Trinajstić information content (AvgIpc) is 2.99. The first-order valence-corrected chi connectivity index (χ1v) is 9.43. The van der Waals surface area contributed by atoms with E-state index in [0.717, 1.165) is 22.7 Å². The van der Waals surface area contributed by atoms with Crippen LogP contribution in [-0.4, -0.2) is 53.0 Å². The van der Waals surface area contributed by atoms with Gasteiger partial charge in [-0.1, -0.05) is 13.8 Å². The number of ketones is 1. The lowest BCUT2D eigenvalue weighted by atomic mass is 9.92. The molecule has 1 aromatic rings. The molecule has 0 aliphatic carbocycles. The molecule has 1 aliphatic rings. The lowest BCUT2D eigenvalue weighted by Gasteiger charge is -2.22. The number of carbonyl (C=O) groups excluding carboxylic acids is 3. The zero-order valence-corrected chi connectivity index (χ0v) is 17.2. The third-order valence-corrected chi connectivity index (χ3v) is 5.26. The Labute approximate surface area is 161 Å². The van der Waals surface area contributed by atoms with E-state index in [0.29, 0.717) is 31.1 Å². The van der Waals surface area contributed by atoms with Crippen molar-refractivity contribution in [3.05, 3.63) is 23.0 Å². The summed E-state index contributed by atoms with van der Waals surface area (Å²) in [4.78, 5) is 39.0. The highest BCUT2D eigenvalue weighted by molar-refractivity contribution is 6.11. The molecule has 1 atom stereocenters. The fraction of sp³-hybridized carbons (Fsp3) is 0.650. The van der Waals surface area contributed by atoms with E-state index >= 15 is 0 Å². The molecule has 1 fully saturated rings. The number of nitrogens with one attached hydrogen (secondary N) is 1. The first-order valence-electron chi connectivity index (χ1n) is 9.43. The zero-order valence-electron chi connectivity index (χ0n) is 17.2. The molecule has 0 spiro atoms. The van der Waals surface area contributed by atoms with E-state index in [1.165, 1.54) is 0 Å². The summed E-state index contributed by atoms with van der Waals surface area (Å²) in [5.41, 5.74) is 1.38. The van der Waals surface area contributed by atoms with Crippen LogP contribution < -0.4 is 5.32 Å². The number of hydrogen-bond donors (Lipinski definition) is 1. The number of imide groups is 1. The number of hydrogen-bond acceptors (Lipinski definition) is 4. The molecule has 150 valence electrons. The van der Waals surface area contributed by atoms with Gasteiger partial charge in [-0.15, -0.1) is 0 Å². The Morgan fingerprint density at radius 2 is 1.96 bits per heavy atom. The van der Waals surface area contributed by atoms with Gasteiger partial charge in [-0.05, 0) is 45.6 Å². The summed E-state index contributed by atoms with van der Waals surface area (Å²) in [5.74, 6) is -0.127. The molecule has 7 nitrogen and oxygen atoms in total.